The minimum atomic E-state index is -4.84. The SMILES string of the molecule is C[C@](O)(c1ccc(C(=O)N(C2CC2)C2CCC(CO)(c3ccccc3F)CC2)cc1)C(F)(F)F. The van der Waals surface area contributed by atoms with Crippen LogP contribution in [0.25, 0.3) is 0 Å². The Labute approximate surface area is 196 Å². The fourth-order valence-corrected chi connectivity index (χ4v) is 5.07. The Hall–Kier alpha value is -2.45. The molecule has 2 fully saturated rings. The zero-order valence-electron chi connectivity index (χ0n) is 19.0. The summed E-state index contributed by atoms with van der Waals surface area (Å²) in [5.74, 6) is -0.604. The average Bonchev–Trinajstić information content (AvgIpc) is 3.64. The van der Waals surface area contributed by atoms with Gasteiger partial charge < -0.3 is 15.1 Å². The van der Waals surface area contributed by atoms with Crippen LogP contribution in [0.15, 0.2) is 48.5 Å². The number of alkyl halides is 3. The number of hydrogen-bond donors (Lipinski definition) is 2. The molecule has 0 unspecified atom stereocenters. The van der Waals surface area contributed by atoms with Crippen molar-refractivity contribution in [1.82, 2.24) is 4.90 Å². The summed E-state index contributed by atoms with van der Waals surface area (Å²) < 4.78 is 53.9. The van der Waals surface area contributed by atoms with Crippen LogP contribution < -0.4 is 0 Å². The molecule has 2 aromatic carbocycles. The van der Waals surface area contributed by atoms with Crippen LogP contribution in [0.4, 0.5) is 17.6 Å². The van der Waals surface area contributed by atoms with E-state index in [1.807, 2.05) is 4.90 Å². The van der Waals surface area contributed by atoms with Crippen molar-refractivity contribution in [3.8, 4) is 0 Å². The Kier molecular flexibility index (Phi) is 6.50. The molecule has 0 radical (unpaired) electrons. The van der Waals surface area contributed by atoms with Gasteiger partial charge in [0.1, 0.15) is 5.82 Å². The van der Waals surface area contributed by atoms with Gasteiger partial charge in [0.25, 0.3) is 5.91 Å². The Morgan fingerprint density at radius 3 is 2.06 bits per heavy atom. The molecule has 0 heterocycles. The predicted octanol–water partition coefficient (Wildman–Crippen LogP) is 5.07. The largest absolute Gasteiger partial charge is 0.421 e. The van der Waals surface area contributed by atoms with E-state index < -0.39 is 17.2 Å². The lowest BCUT2D eigenvalue weighted by Crippen LogP contribution is -2.47. The van der Waals surface area contributed by atoms with E-state index in [9.17, 15) is 32.6 Å². The number of hydrogen-bond acceptors (Lipinski definition) is 3. The quantitative estimate of drug-likeness (QED) is 0.569. The van der Waals surface area contributed by atoms with E-state index in [1.54, 1.807) is 18.2 Å². The van der Waals surface area contributed by atoms with Gasteiger partial charge >= 0.3 is 6.18 Å². The molecule has 184 valence electrons. The molecule has 0 spiro atoms. The smallest absolute Gasteiger partial charge is 0.395 e. The Morgan fingerprint density at radius 2 is 1.56 bits per heavy atom. The molecular formula is C26H29F4NO3. The van der Waals surface area contributed by atoms with Crippen molar-refractivity contribution in [2.75, 3.05) is 6.61 Å². The minimum absolute atomic E-state index is 0.0746. The molecule has 0 aromatic heterocycles. The number of nitrogens with zero attached hydrogens (tertiary/aromatic N) is 1. The molecule has 1 atom stereocenters. The second-order valence-corrected chi connectivity index (χ2v) is 9.74. The third-order valence-electron chi connectivity index (χ3n) is 7.47. The Bertz CT molecular complexity index is 1020. The first kappa shape index (κ1) is 24.7. The molecule has 0 aliphatic heterocycles. The number of rotatable bonds is 6. The van der Waals surface area contributed by atoms with Gasteiger partial charge in [-0.3, -0.25) is 4.79 Å². The lowest BCUT2D eigenvalue weighted by atomic mass is 9.68. The Morgan fingerprint density at radius 1 is 1.00 bits per heavy atom. The van der Waals surface area contributed by atoms with Gasteiger partial charge in [0.05, 0.1) is 6.61 Å². The third kappa shape index (κ3) is 4.45. The summed E-state index contributed by atoms with van der Waals surface area (Å²) in [5.41, 5.74) is -3.27. The summed E-state index contributed by atoms with van der Waals surface area (Å²) >= 11 is 0. The first-order chi connectivity index (χ1) is 16.0. The monoisotopic (exact) mass is 479 g/mol. The van der Waals surface area contributed by atoms with Crippen LogP contribution in [-0.2, 0) is 11.0 Å². The van der Waals surface area contributed by atoms with Crippen LogP contribution in [0.1, 0.15) is 66.9 Å². The summed E-state index contributed by atoms with van der Waals surface area (Å²) in [7, 11) is 0. The molecular weight excluding hydrogens is 450 g/mol. The predicted molar refractivity (Wildman–Crippen MR) is 119 cm³/mol. The molecule has 34 heavy (non-hydrogen) atoms. The van der Waals surface area contributed by atoms with E-state index >= 15 is 0 Å². The summed E-state index contributed by atoms with van der Waals surface area (Å²) in [6.45, 7) is 0.504. The second kappa shape index (κ2) is 8.96. The summed E-state index contributed by atoms with van der Waals surface area (Å²) in [5, 5.41) is 20.0. The van der Waals surface area contributed by atoms with Gasteiger partial charge in [-0.05, 0) is 74.8 Å². The lowest BCUT2D eigenvalue weighted by Gasteiger charge is -2.43. The maximum Gasteiger partial charge on any atom is 0.421 e. The molecule has 2 aliphatic carbocycles. The number of benzene rings is 2. The second-order valence-electron chi connectivity index (χ2n) is 9.74. The molecule has 2 aliphatic rings. The van der Waals surface area contributed by atoms with Crippen molar-refractivity contribution in [2.45, 2.75) is 74.7 Å². The highest BCUT2D eigenvalue weighted by atomic mass is 19.4. The normalized spacial score (nSPS) is 25.0. The van der Waals surface area contributed by atoms with Crippen molar-refractivity contribution in [1.29, 1.82) is 0 Å². The number of halogens is 4. The zero-order chi connectivity index (χ0) is 24.7. The highest BCUT2D eigenvalue weighted by Gasteiger charge is 2.51. The maximum absolute atomic E-state index is 14.5. The maximum atomic E-state index is 14.5. The fourth-order valence-electron chi connectivity index (χ4n) is 5.07. The first-order valence-electron chi connectivity index (χ1n) is 11.6. The van der Waals surface area contributed by atoms with Crippen molar-refractivity contribution >= 4 is 5.91 Å². The third-order valence-corrected chi connectivity index (χ3v) is 7.47. The first-order valence-corrected chi connectivity index (χ1v) is 11.6. The van der Waals surface area contributed by atoms with Crippen LogP contribution in [0.3, 0.4) is 0 Å². The number of aliphatic hydroxyl groups is 2. The van der Waals surface area contributed by atoms with Gasteiger partial charge in [-0.1, -0.05) is 30.3 Å². The van der Waals surface area contributed by atoms with Crippen LogP contribution >= 0.6 is 0 Å². The minimum Gasteiger partial charge on any atom is -0.395 e. The number of aliphatic hydroxyl groups excluding tert-OH is 1. The number of carbonyl (C=O) groups is 1. The van der Waals surface area contributed by atoms with Crippen LogP contribution in [0.5, 0.6) is 0 Å². The lowest BCUT2D eigenvalue weighted by molar-refractivity contribution is -0.258. The van der Waals surface area contributed by atoms with E-state index in [4.69, 9.17) is 0 Å². The molecule has 2 aromatic rings. The standard InChI is InChI=1S/C26H29F4NO3/c1-24(34,26(28,29)30)18-8-6-17(7-9-18)23(33)31(19-10-11-19)20-12-14-25(16-32,15-13-20)21-4-2-3-5-22(21)27/h2-9,19-20,32,34H,10-16H2,1H3/t20?,24-,25?/m0/s1. The van der Waals surface area contributed by atoms with Crippen LogP contribution in [-0.4, -0.2) is 45.9 Å². The summed E-state index contributed by atoms with van der Waals surface area (Å²) in [6.07, 6.45) is -0.866. The van der Waals surface area contributed by atoms with E-state index in [0.29, 0.717) is 38.2 Å². The fraction of sp³-hybridized carbons (Fsp3) is 0.500. The average molecular weight is 480 g/mol. The molecule has 2 N–H and O–H groups in total. The molecule has 4 rings (SSSR count). The van der Waals surface area contributed by atoms with Crippen molar-refractivity contribution in [3.63, 3.8) is 0 Å². The van der Waals surface area contributed by atoms with E-state index in [0.717, 1.165) is 25.0 Å². The van der Waals surface area contributed by atoms with Gasteiger partial charge in [-0.15, -0.1) is 0 Å². The highest BCUT2D eigenvalue weighted by Crippen LogP contribution is 2.44. The topological polar surface area (TPSA) is 60.8 Å². The van der Waals surface area contributed by atoms with E-state index in [1.165, 1.54) is 18.2 Å². The van der Waals surface area contributed by atoms with Gasteiger partial charge in [-0.25, -0.2) is 4.39 Å². The zero-order valence-corrected chi connectivity index (χ0v) is 19.0. The number of carbonyl (C=O) groups excluding carboxylic acids is 1. The van der Waals surface area contributed by atoms with Crippen LogP contribution in [0.2, 0.25) is 0 Å². The summed E-state index contributed by atoms with van der Waals surface area (Å²) in [6, 6.07) is 11.4. The van der Waals surface area contributed by atoms with Crippen LogP contribution in [0, 0.1) is 5.82 Å². The van der Waals surface area contributed by atoms with Crippen molar-refractivity contribution in [2.24, 2.45) is 0 Å². The van der Waals surface area contributed by atoms with Crippen molar-refractivity contribution in [3.05, 3.63) is 71.0 Å². The van der Waals surface area contributed by atoms with Crippen molar-refractivity contribution < 1.29 is 32.6 Å². The highest BCUT2D eigenvalue weighted by molar-refractivity contribution is 5.95. The molecule has 2 saturated carbocycles. The van der Waals surface area contributed by atoms with Gasteiger partial charge in [0, 0.05) is 23.1 Å². The molecule has 4 nitrogen and oxygen atoms in total. The molecule has 0 bridgehead atoms. The summed E-state index contributed by atoms with van der Waals surface area (Å²) in [4.78, 5) is 15.2. The number of amides is 1. The van der Waals surface area contributed by atoms with Gasteiger partial charge in [-0.2, -0.15) is 13.2 Å². The molecule has 8 heteroatoms. The Balaban J connectivity index is 1.52. The van der Waals surface area contributed by atoms with E-state index in [2.05, 4.69) is 0 Å². The van der Waals surface area contributed by atoms with Gasteiger partial charge in [0.2, 0.25) is 0 Å². The van der Waals surface area contributed by atoms with E-state index in [-0.39, 0.29) is 41.5 Å². The molecule has 1 amide bonds. The molecule has 0 saturated heterocycles. The van der Waals surface area contributed by atoms with Gasteiger partial charge in [0.15, 0.2) is 5.60 Å².